The Morgan fingerprint density at radius 3 is 2.33 bits per heavy atom. The monoisotopic (exact) mass is 312 g/mol. The number of esters is 1. The SMILES string of the molecule is CC(=O)OC1(Oc2ccc(Br)cc2)CCCCC1. The minimum absolute atomic E-state index is 0.283. The van der Waals surface area contributed by atoms with E-state index in [-0.39, 0.29) is 5.97 Å². The van der Waals surface area contributed by atoms with E-state index in [9.17, 15) is 4.79 Å². The minimum Gasteiger partial charge on any atom is -0.452 e. The number of hydrogen-bond acceptors (Lipinski definition) is 3. The van der Waals surface area contributed by atoms with Gasteiger partial charge < -0.3 is 9.47 Å². The third-order valence-corrected chi connectivity index (χ3v) is 3.59. The molecule has 0 amide bonds. The Morgan fingerprint density at radius 2 is 1.78 bits per heavy atom. The molecule has 0 aromatic heterocycles. The van der Waals surface area contributed by atoms with E-state index in [0.29, 0.717) is 0 Å². The van der Waals surface area contributed by atoms with Gasteiger partial charge in [-0.3, -0.25) is 4.79 Å². The summed E-state index contributed by atoms with van der Waals surface area (Å²) in [6.45, 7) is 1.43. The van der Waals surface area contributed by atoms with Crippen molar-refractivity contribution < 1.29 is 14.3 Å². The van der Waals surface area contributed by atoms with E-state index in [0.717, 1.165) is 35.9 Å². The first kappa shape index (κ1) is 13.4. The predicted octanol–water partition coefficient (Wildman–Crippen LogP) is 4.05. The zero-order chi connectivity index (χ0) is 13.0. The average molecular weight is 313 g/mol. The number of hydrogen-bond donors (Lipinski definition) is 0. The highest BCUT2D eigenvalue weighted by Gasteiger charge is 2.37. The summed E-state index contributed by atoms with van der Waals surface area (Å²) < 4.78 is 12.4. The highest BCUT2D eigenvalue weighted by atomic mass is 79.9. The van der Waals surface area contributed by atoms with Crippen LogP contribution in [0.4, 0.5) is 0 Å². The lowest BCUT2D eigenvalue weighted by atomic mass is 9.94. The molecule has 3 nitrogen and oxygen atoms in total. The second kappa shape index (κ2) is 5.74. The average Bonchev–Trinajstić information content (AvgIpc) is 2.32. The van der Waals surface area contributed by atoms with Crippen LogP contribution in [0.2, 0.25) is 0 Å². The minimum atomic E-state index is -0.766. The van der Waals surface area contributed by atoms with Crippen LogP contribution in [0.3, 0.4) is 0 Å². The molecule has 1 aromatic carbocycles. The van der Waals surface area contributed by atoms with E-state index in [1.807, 2.05) is 24.3 Å². The quantitative estimate of drug-likeness (QED) is 0.624. The molecule has 0 spiro atoms. The van der Waals surface area contributed by atoms with Crippen LogP contribution in [-0.2, 0) is 9.53 Å². The van der Waals surface area contributed by atoms with Crippen molar-refractivity contribution in [3.05, 3.63) is 28.7 Å². The number of halogens is 1. The predicted molar refractivity (Wildman–Crippen MR) is 72.4 cm³/mol. The third-order valence-electron chi connectivity index (χ3n) is 3.06. The number of rotatable bonds is 3. The molecular formula is C14H17BrO3. The van der Waals surface area contributed by atoms with Gasteiger partial charge in [0.05, 0.1) is 0 Å². The summed E-state index contributed by atoms with van der Waals surface area (Å²) in [5.74, 6) is -0.312. The fourth-order valence-electron chi connectivity index (χ4n) is 2.29. The van der Waals surface area contributed by atoms with Gasteiger partial charge in [0.15, 0.2) is 0 Å². The molecular weight excluding hydrogens is 296 g/mol. The van der Waals surface area contributed by atoms with Crippen LogP contribution < -0.4 is 4.74 Å². The third kappa shape index (κ3) is 3.48. The first-order valence-corrected chi connectivity index (χ1v) is 7.03. The van der Waals surface area contributed by atoms with Gasteiger partial charge in [0.1, 0.15) is 5.75 Å². The van der Waals surface area contributed by atoms with Gasteiger partial charge in [-0.2, -0.15) is 0 Å². The molecule has 0 radical (unpaired) electrons. The molecule has 1 fully saturated rings. The number of ether oxygens (including phenoxy) is 2. The Morgan fingerprint density at radius 1 is 1.17 bits per heavy atom. The molecule has 0 unspecified atom stereocenters. The largest absolute Gasteiger partial charge is 0.452 e. The molecule has 4 heteroatoms. The maximum Gasteiger partial charge on any atom is 0.305 e. The highest BCUT2D eigenvalue weighted by molar-refractivity contribution is 9.10. The first-order chi connectivity index (χ1) is 8.60. The Hall–Kier alpha value is -1.03. The second-order valence-electron chi connectivity index (χ2n) is 4.62. The summed E-state index contributed by atoms with van der Waals surface area (Å²) in [5.41, 5.74) is 0. The molecule has 0 N–H and O–H groups in total. The summed E-state index contributed by atoms with van der Waals surface area (Å²) in [7, 11) is 0. The molecule has 0 bridgehead atoms. The molecule has 98 valence electrons. The zero-order valence-corrected chi connectivity index (χ0v) is 12.0. The van der Waals surface area contributed by atoms with Gasteiger partial charge in [0.2, 0.25) is 0 Å². The highest BCUT2D eigenvalue weighted by Crippen LogP contribution is 2.34. The Balaban J connectivity index is 2.13. The van der Waals surface area contributed by atoms with Crippen LogP contribution in [0.15, 0.2) is 28.7 Å². The van der Waals surface area contributed by atoms with Crippen molar-refractivity contribution in [1.29, 1.82) is 0 Å². The fourth-order valence-corrected chi connectivity index (χ4v) is 2.56. The molecule has 0 aliphatic heterocycles. The Labute approximate surface area is 116 Å². The van der Waals surface area contributed by atoms with Crippen LogP contribution in [0, 0.1) is 0 Å². The molecule has 18 heavy (non-hydrogen) atoms. The number of carbonyl (C=O) groups is 1. The summed E-state index contributed by atoms with van der Waals surface area (Å²) in [5, 5.41) is 0. The van der Waals surface area contributed by atoms with Crippen molar-refractivity contribution in [3.8, 4) is 5.75 Å². The van der Waals surface area contributed by atoms with Crippen LogP contribution in [-0.4, -0.2) is 11.8 Å². The molecule has 1 aliphatic carbocycles. The first-order valence-electron chi connectivity index (χ1n) is 6.24. The van der Waals surface area contributed by atoms with E-state index < -0.39 is 5.79 Å². The topological polar surface area (TPSA) is 35.5 Å². The van der Waals surface area contributed by atoms with E-state index >= 15 is 0 Å². The van der Waals surface area contributed by atoms with Crippen molar-refractivity contribution in [3.63, 3.8) is 0 Å². The summed E-state index contributed by atoms with van der Waals surface area (Å²) in [6, 6.07) is 7.59. The smallest absolute Gasteiger partial charge is 0.305 e. The van der Waals surface area contributed by atoms with Crippen LogP contribution in [0.5, 0.6) is 5.75 Å². The normalized spacial score (nSPS) is 18.1. The van der Waals surface area contributed by atoms with Gasteiger partial charge in [-0.15, -0.1) is 0 Å². The lowest BCUT2D eigenvalue weighted by molar-refractivity contribution is -0.206. The maximum absolute atomic E-state index is 11.3. The molecule has 2 rings (SSSR count). The molecule has 1 aromatic rings. The van der Waals surface area contributed by atoms with Crippen molar-refractivity contribution >= 4 is 21.9 Å². The van der Waals surface area contributed by atoms with Crippen molar-refractivity contribution in [1.82, 2.24) is 0 Å². The number of carbonyl (C=O) groups excluding carboxylic acids is 1. The van der Waals surface area contributed by atoms with Crippen molar-refractivity contribution in [2.45, 2.75) is 44.8 Å². The lowest BCUT2D eigenvalue weighted by Gasteiger charge is -2.36. The summed E-state index contributed by atoms with van der Waals surface area (Å²) in [4.78, 5) is 11.3. The van der Waals surface area contributed by atoms with Gasteiger partial charge >= 0.3 is 5.97 Å². The van der Waals surface area contributed by atoms with Gasteiger partial charge in [-0.25, -0.2) is 0 Å². The van der Waals surface area contributed by atoms with E-state index in [2.05, 4.69) is 15.9 Å². The van der Waals surface area contributed by atoms with Crippen molar-refractivity contribution in [2.24, 2.45) is 0 Å². The van der Waals surface area contributed by atoms with E-state index in [1.54, 1.807) is 0 Å². The fraction of sp³-hybridized carbons (Fsp3) is 0.500. The van der Waals surface area contributed by atoms with Gasteiger partial charge in [-0.05, 0) is 37.1 Å². The van der Waals surface area contributed by atoms with Gasteiger partial charge in [0.25, 0.3) is 5.79 Å². The number of benzene rings is 1. The van der Waals surface area contributed by atoms with Crippen molar-refractivity contribution in [2.75, 3.05) is 0 Å². The Bertz CT molecular complexity index is 408. The zero-order valence-electron chi connectivity index (χ0n) is 10.4. The van der Waals surface area contributed by atoms with Gasteiger partial charge in [0, 0.05) is 24.2 Å². The van der Waals surface area contributed by atoms with Gasteiger partial charge in [-0.1, -0.05) is 22.4 Å². The molecule has 1 saturated carbocycles. The van der Waals surface area contributed by atoms with Crippen LogP contribution in [0.25, 0.3) is 0 Å². The molecule has 0 saturated heterocycles. The molecule has 1 aliphatic rings. The molecule has 0 atom stereocenters. The molecule has 0 heterocycles. The lowest BCUT2D eigenvalue weighted by Crippen LogP contribution is -2.42. The van der Waals surface area contributed by atoms with E-state index in [4.69, 9.17) is 9.47 Å². The van der Waals surface area contributed by atoms with E-state index in [1.165, 1.54) is 13.3 Å². The maximum atomic E-state index is 11.3. The summed E-state index contributed by atoms with van der Waals surface area (Å²) >= 11 is 3.38. The van der Waals surface area contributed by atoms with Crippen LogP contribution in [0.1, 0.15) is 39.0 Å². The Kier molecular flexibility index (Phi) is 4.27. The standard InChI is InChI=1S/C14H17BrO3/c1-11(16)17-14(9-3-2-4-10-14)18-13-7-5-12(15)6-8-13/h5-8H,2-4,9-10H2,1H3. The second-order valence-corrected chi connectivity index (χ2v) is 5.54. The van der Waals surface area contributed by atoms with Crippen LogP contribution >= 0.6 is 15.9 Å². The summed E-state index contributed by atoms with van der Waals surface area (Å²) in [6.07, 6.45) is 4.77.